The van der Waals surface area contributed by atoms with E-state index < -0.39 is 6.10 Å². The number of carbonyl (C=O) groups is 3. The summed E-state index contributed by atoms with van der Waals surface area (Å²) < 4.78 is 11.7. The zero-order chi connectivity index (χ0) is 24.2. The Morgan fingerprint density at radius 2 is 1.91 bits per heavy atom. The van der Waals surface area contributed by atoms with Crippen LogP contribution in [0.1, 0.15) is 30.9 Å². The monoisotopic (exact) mass is 465 g/mol. The van der Waals surface area contributed by atoms with Gasteiger partial charge in [0.15, 0.2) is 6.10 Å². The molecule has 8 nitrogen and oxygen atoms in total. The first-order chi connectivity index (χ1) is 16.3. The minimum absolute atomic E-state index is 0.0891. The molecule has 2 heterocycles. The van der Waals surface area contributed by atoms with Crippen LogP contribution in [-0.4, -0.2) is 61.1 Å². The molecule has 0 aromatic heterocycles. The first-order valence-electron chi connectivity index (χ1n) is 11.6. The lowest BCUT2D eigenvalue weighted by Crippen LogP contribution is -2.54. The van der Waals surface area contributed by atoms with E-state index in [4.69, 9.17) is 9.47 Å². The van der Waals surface area contributed by atoms with Crippen LogP contribution < -0.4 is 15.0 Å². The van der Waals surface area contributed by atoms with E-state index >= 15 is 0 Å². The van der Waals surface area contributed by atoms with Crippen LogP contribution in [0.25, 0.3) is 0 Å². The molecule has 2 aliphatic rings. The van der Waals surface area contributed by atoms with Gasteiger partial charge in [-0.25, -0.2) is 0 Å². The molecule has 34 heavy (non-hydrogen) atoms. The number of rotatable bonds is 6. The first-order valence-corrected chi connectivity index (χ1v) is 11.6. The van der Waals surface area contributed by atoms with E-state index in [1.807, 2.05) is 38.1 Å². The topological polar surface area (TPSA) is 88.2 Å². The Morgan fingerprint density at radius 1 is 1.12 bits per heavy atom. The molecule has 0 aliphatic carbocycles. The zero-order valence-corrected chi connectivity index (χ0v) is 19.9. The van der Waals surface area contributed by atoms with Gasteiger partial charge in [0.2, 0.25) is 11.8 Å². The summed E-state index contributed by atoms with van der Waals surface area (Å²) in [5, 5.41) is 2.93. The number of fused-ring (bicyclic) bond motifs is 1. The highest BCUT2D eigenvalue weighted by atomic mass is 16.5. The Kier molecular flexibility index (Phi) is 7.17. The van der Waals surface area contributed by atoms with Gasteiger partial charge in [0.25, 0.3) is 5.91 Å². The predicted molar refractivity (Wildman–Crippen MR) is 129 cm³/mol. The van der Waals surface area contributed by atoms with Gasteiger partial charge < -0.3 is 24.6 Å². The van der Waals surface area contributed by atoms with Crippen molar-refractivity contribution in [1.29, 1.82) is 0 Å². The van der Waals surface area contributed by atoms with Crippen molar-refractivity contribution in [1.82, 2.24) is 4.90 Å². The van der Waals surface area contributed by atoms with Crippen molar-refractivity contribution in [3.8, 4) is 5.75 Å². The summed E-state index contributed by atoms with van der Waals surface area (Å²) in [6, 6.07) is 12.9. The molecule has 1 saturated heterocycles. The number of nitrogens with zero attached hydrogens (tertiary/aromatic N) is 2. The highest BCUT2D eigenvalue weighted by molar-refractivity contribution is 5.98. The molecule has 0 radical (unpaired) electrons. The summed E-state index contributed by atoms with van der Waals surface area (Å²) in [4.78, 5) is 41.9. The van der Waals surface area contributed by atoms with Crippen LogP contribution in [0.5, 0.6) is 5.75 Å². The number of benzene rings is 2. The number of aryl methyl sites for hydroxylation is 1. The van der Waals surface area contributed by atoms with Gasteiger partial charge in [0, 0.05) is 25.8 Å². The molecule has 8 heteroatoms. The first kappa shape index (κ1) is 23.8. The number of para-hydroxylation sites is 2. The number of amides is 3. The van der Waals surface area contributed by atoms with Gasteiger partial charge in [0.05, 0.1) is 18.3 Å². The smallest absolute Gasteiger partial charge is 0.266 e. The normalized spacial score (nSPS) is 19.2. The summed E-state index contributed by atoms with van der Waals surface area (Å²) >= 11 is 0. The predicted octanol–water partition coefficient (Wildman–Crippen LogP) is 3.06. The number of nitrogens with one attached hydrogen (secondary N) is 1. The Balaban J connectivity index is 1.53. The molecule has 0 saturated carbocycles. The lowest BCUT2D eigenvalue weighted by molar-refractivity contribution is -0.142. The molecule has 1 fully saturated rings. The lowest BCUT2D eigenvalue weighted by atomic mass is 10.1. The second-order valence-electron chi connectivity index (χ2n) is 8.85. The Hall–Kier alpha value is -3.39. The fourth-order valence-corrected chi connectivity index (χ4v) is 4.38. The fraction of sp³-hybridized carbons (Fsp3) is 0.423. The van der Waals surface area contributed by atoms with Crippen LogP contribution in [0.4, 0.5) is 11.4 Å². The molecule has 180 valence electrons. The fourth-order valence-electron chi connectivity index (χ4n) is 4.38. The summed E-state index contributed by atoms with van der Waals surface area (Å²) in [5.74, 6) is -0.335. The molecule has 4 rings (SSSR count). The van der Waals surface area contributed by atoms with Crippen molar-refractivity contribution in [2.45, 2.75) is 45.8 Å². The van der Waals surface area contributed by atoms with Gasteiger partial charge in [-0.1, -0.05) is 24.3 Å². The molecule has 1 N–H and O–H groups in total. The van der Waals surface area contributed by atoms with Crippen molar-refractivity contribution in [2.75, 3.05) is 36.5 Å². The average molecular weight is 466 g/mol. The number of hydrogen-bond donors (Lipinski definition) is 1. The zero-order valence-electron chi connectivity index (χ0n) is 19.9. The average Bonchev–Trinajstić information content (AvgIpc) is 3.33. The SMILES string of the molecule is CC(=O)N1C[C@H](C(=O)N(CC(=O)Nc2cccc(C)c2C)C[C@@H]2CCCO2)Oc2ccccc21. The summed E-state index contributed by atoms with van der Waals surface area (Å²) in [6.45, 7) is 6.29. The molecule has 2 aromatic carbocycles. The maximum Gasteiger partial charge on any atom is 0.266 e. The minimum atomic E-state index is -0.909. The van der Waals surface area contributed by atoms with Crippen molar-refractivity contribution in [3.63, 3.8) is 0 Å². The maximum absolute atomic E-state index is 13.6. The molecule has 3 amide bonds. The van der Waals surface area contributed by atoms with Crippen molar-refractivity contribution >= 4 is 29.1 Å². The van der Waals surface area contributed by atoms with Crippen molar-refractivity contribution < 1.29 is 23.9 Å². The van der Waals surface area contributed by atoms with E-state index in [1.54, 1.807) is 23.1 Å². The number of ether oxygens (including phenoxy) is 2. The molecular formula is C26H31N3O5. The third kappa shape index (κ3) is 5.22. The molecule has 2 aromatic rings. The molecule has 0 spiro atoms. The Labute approximate surface area is 199 Å². The molecule has 2 aliphatic heterocycles. The molecule has 0 unspecified atom stereocenters. The highest BCUT2D eigenvalue weighted by Gasteiger charge is 2.36. The molecule has 0 bridgehead atoms. The quantitative estimate of drug-likeness (QED) is 0.709. The maximum atomic E-state index is 13.6. The summed E-state index contributed by atoms with van der Waals surface area (Å²) in [5.41, 5.74) is 3.42. The van der Waals surface area contributed by atoms with Gasteiger partial charge in [0.1, 0.15) is 12.3 Å². The van der Waals surface area contributed by atoms with Gasteiger partial charge in [-0.15, -0.1) is 0 Å². The summed E-state index contributed by atoms with van der Waals surface area (Å²) in [6.07, 6.45) is 0.717. The number of hydrogen-bond acceptors (Lipinski definition) is 5. The van der Waals surface area contributed by atoms with E-state index in [2.05, 4.69) is 5.32 Å². The van der Waals surface area contributed by atoms with Gasteiger partial charge in [-0.2, -0.15) is 0 Å². The summed E-state index contributed by atoms with van der Waals surface area (Å²) in [7, 11) is 0. The second kappa shape index (κ2) is 10.3. The van der Waals surface area contributed by atoms with E-state index in [0.29, 0.717) is 24.6 Å². The van der Waals surface area contributed by atoms with Crippen LogP contribution >= 0.6 is 0 Å². The van der Waals surface area contributed by atoms with E-state index in [0.717, 1.165) is 29.7 Å². The third-order valence-electron chi connectivity index (χ3n) is 6.40. The number of anilines is 2. The highest BCUT2D eigenvalue weighted by Crippen LogP contribution is 2.33. The third-order valence-corrected chi connectivity index (χ3v) is 6.40. The largest absolute Gasteiger partial charge is 0.476 e. The van der Waals surface area contributed by atoms with E-state index in [1.165, 1.54) is 11.8 Å². The van der Waals surface area contributed by atoms with Gasteiger partial charge in [-0.3, -0.25) is 14.4 Å². The van der Waals surface area contributed by atoms with Crippen LogP contribution in [-0.2, 0) is 19.1 Å². The lowest BCUT2D eigenvalue weighted by Gasteiger charge is -2.36. The van der Waals surface area contributed by atoms with Crippen molar-refractivity contribution in [2.24, 2.45) is 0 Å². The van der Waals surface area contributed by atoms with Crippen molar-refractivity contribution in [3.05, 3.63) is 53.6 Å². The second-order valence-corrected chi connectivity index (χ2v) is 8.85. The van der Waals surface area contributed by atoms with E-state index in [-0.39, 0.29) is 36.9 Å². The minimum Gasteiger partial charge on any atom is -0.476 e. The standard InChI is InChI=1S/C26H31N3O5/c1-17-8-6-10-21(18(17)2)27-25(31)16-28(14-20-9-7-13-33-20)26(32)24-15-29(19(3)30)22-11-4-5-12-23(22)34-24/h4-6,8,10-12,20,24H,7,9,13-16H2,1-3H3,(H,27,31)/t20-,24+/m0/s1. The van der Waals surface area contributed by atoms with Crippen LogP contribution in [0, 0.1) is 13.8 Å². The molecule has 2 atom stereocenters. The van der Waals surface area contributed by atoms with Crippen LogP contribution in [0.15, 0.2) is 42.5 Å². The van der Waals surface area contributed by atoms with E-state index in [9.17, 15) is 14.4 Å². The molecular weight excluding hydrogens is 434 g/mol. The van der Waals surface area contributed by atoms with Gasteiger partial charge in [-0.05, 0) is 56.0 Å². The van der Waals surface area contributed by atoms with Crippen LogP contribution in [0.3, 0.4) is 0 Å². The number of carbonyl (C=O) groups excluding carboxylic acids is 3. The Bertz CT molecular complexity index is 1080. The van der Waals surface area contributed by atoms with Crippen LogP contribution in [0.2, 0.25) is 0 Å². The van der Waals surface area contributed by atoms with Gasteiger partial charge >= 0.3 is 0 Å². The Morgan fingerprint density at radius 3 is 2.65 bits per heavy atom.